The number of carbonyl (C=O) groups excluding carboxylic acids is 1. The van der Waals surface area contributed by atoms with Gasteiger partial charge in [0.2, 0.25) is 5.91 Å². The van der Waals surface area contributed by atoms with Gasteiger partial charge in [0.25, 0.3) is 0 Å². The third-order valence-corrected chi connectivity index (χ3v) is 3.10. The third-order valence-electron chi connectivity index (χ3n) is 3.10. The van der Waals surface area contributed by atoms with Crippen molar-refractivity contribution in [3.63, 3.8) is 0 Å². The number of amides is 1. The van der Waals surface area contributed by atoms with Gasteiger partial charge in [0.05, 0.1) is 26.2 Å². The summed E-state index contributed by atoms with van der Waals surface area (Å²) >= 11 is 0. The Morgan fingerprint density at radius 3 is 2.70 bits per heavy atom. The van der Waals surface area contributed by atoms with Crippen LogP contribution >= 0.6 is 0 Å². The fourth-order valence-corrected chi connectivity index (χ4v) is 1.95. The Kier molecular flexibility index (Phi) is 6.48. The SMILES string of the molecule is COCC(O)CN(C)C(=O)Cc1ccc(C)c(OC)c1. The van der Waals surface area contributed by atoms with Crippen LogP contribution < -0.4 is 4.74 Å². The van der Waals surface area contributed by atoms with Gasteiger partial charge >= 0.3 is 0 Å². The average Bonchev–Trinajstić information content (AvgIpc) is 2.41. The van der Waals surface area contributed by atoms with E-state index in [4.69, 9.17) is 9.47 Å². The van der Waals surface area contributed by atoms with Crippen molar-refractivity contribution < 1.29 is 19.4 Å². The lowest BCUT2D eigenvalue weighted by Gasteiger charge is -2.20. The van der Waals surface area contributed by atoms with Crippen LogP contribution in [0, 0.1) is 6.92 Å². The minimum atomic E-state index is -0.665. The van der Waals surface area contributed by atoms with E-state index in [1.165, 1.54) is 12.0 Å². The maximum Gasteiger partial charge on any atom is 0.226 e. The molecule has 0 saturated heterocycles. The zero-order valence-corrected chi connectivity index (χ0v) is 12.5. The van der Waals surface area contributed by atoms with Gasteiger partial charge in [0, 0.05) is 20.7 Å². The van der Waals surface area contributed by atoms with E-state index < -0.39 is 6.10 Å². The quantitative estimate of drug-likeness (QED) is 0.810. The van der Waals surface area contributed by atoms with E-state index in [1.54, 1.807) is 14.2 Å². The number of aliphatic hydroxyl groups is 1. The number of aliphatic hydroxyl groups excluding tert-OH is 1. The minimum absolute atomic E-state index is 0.0499. The van der Waals surface area contributed by atoms with E-state index in [9.17, 15) is 9.90 Å². The molecule has 0 bridgehead atoms. The summed E-state index contributed by atoms with van der Waals surface area (Å²) in [6.45, 7) is 2.43. The predicted molar refractivity (Wildman–Crippen MR) is 77.0 cm³/mol. The number of likely N-dealkylation sites (N-methyl/N-ethyl adjacent to an activating group) is 1. The van der Waals surface area contributed by atoms with Crippen molar-refractivity contribution >= 4 is 5.91 Å². The summed E-state index contributed by atoms with van der Waals surface area (Å²) in [4.78, 5) is 13.6. The Labute approximate surface area is 120 Å². The lowest BCUT2D eigenvalue weighted by atomic mass is 10.1. The van der Waals surface area contributed by atoms with E-state index in [0.717, 1.165) is 16.9 Å². The fraction of sp³-hybridized carbons (Fsp3) is 0.533. The molecule has 1 aromatic rings. The Morgan fingerprint density at radius 1 is 1.40 bits per heavy atom. The molecule has 0 saturated carbocycles. The summed E-state index contributed by atoms with van der Waals surface area (Å²) in [5, 5.41) is 9.61. The smallest absolute Gasteiger partial charge is 0.226 e. The lowest BCUT2D eigenvalue weighted by Crippen LogP contribution is -2.37. The molecule has 1 rings (SSSR count). The van der Waals surface area contributed by atoms with Gasteiger partial charge in [-0.2, -0.15) is 0 Å². The number of aryl methyl sites for hydroxylation is 1. The summed E-state index contributed by atoms with van der Waals surface area (Å²) in [6.07, 6.45) is -0.381. The van der Waals surface area contributed by atoms with E-state index >= 15 is 0 Å². The number of hydrogen-bond donors (Lipinski definition) is 1. The molecule has 0 aromatic heterocycles. The van der Waals surface area contributed by atoms with Crippen molar-refractivity contribution in [2.24, 2.45) is 0 Å². The van der Waals surface area contributed by atoms with Crippen LogP contribution in [0.1, 0.15) is 11.1 Å². The second-order valence-electron chi connectivity index (χ2n) is 4.86. The second-order valence-corrected chi connectivity index (χ2v) is 4.86. The summed E-state index contributed by atoms with van der Waals surface area (Å²) in [6, 6.07) is 5.71. The van der Waals surface area contributed by atoms with Crippen molar-refractivity contribution in [3.8, 4) is 5.75 Å². The first-order valence-electron chi connectivity index (χ1n) is 6.52. The largest absolute Gasteiger partial charge is 0.496 e. The van der Waals surface area contributed by atoms with Gasteiger partial charge in [-0.15, -0.1) is 0 Å². The highest BCUT2D eigenvalue weighted by Gasteiger charge is 2.14. The molecule has 0 fully saturated rings. The summed E-state index contributed by atoms with van der Waals surface area (Å²) in [5.41, 5.74) is 1.93. The third kappa shape index (κ3) is 4.83. The Hall–Kier alpha value is -1.59. The molecule has 20 heavy (non-hydrogen) atoms. The van der Waals surface area contributed by atoms with Gasteiger partial charge in [0.15, 0.2) is 0 Å². The van der Waals surface area contributed by atoms with Crippen molar-refractivity contribution in [1.29, 1.82) is 0 Å². The Bertz CT molecular complexity index is 447. The molecule has 0 aliphatic heterocycles. The molecule has 1 atom stereocenters. The lowest BCUT2D eigenvalue weighted by molar-refractivity contribution is -0.130. The van der Waals surface area contributed by atoms with Crippen LogP contribution in [-0.2, 0) is 16.0 Å². The number of hydrogen-bond acceptors (Lipinski definition) is 4. The molecular weight excluding hydrogens is 258 g/mol. The summed E-state index contributed by atoms with van der Waals surface area (Å²) < 4.78 is 10.1. The summed E-state index contributed by atoms with van der Waals surface area (Å²) in [7, 11) is 4.80. The maximum absolute atomic E-state index is 12.1. The van der Waals surface area contributed by atoms with Crippen LogP contribution in [0.4, 0.5) is 0 Å². The molecule has 0 aliphatic rings. The van der Waals surface area contributed by atoms with E-state index in [0.29, 0.717) is 0 Å². The van der Waals surface area contributed by atoms with Crippen molar-refractivity contribution in [1.82, 2.24) is 4.90 Å². The molecule has 1 unspecified atom stereocenters. The van der Waals surface area contributed by atoms with Gasteiger partial charge in [-0.3, -0.25) is 4.79 Å². The molecular formula is C15H23NO4. The molecule has 0 aliphatic carbocycles. The topological polar surface area (TPSA) is 59.0 Å². The van der Waals surface area contributed by atoms with Crippen LogP contribution in [0.3, 0.4) is 0 Å². The molecule has 1 amide bonds. The van der Waals surface area contributed by atoms with Gasteiger partial charge in [-0.1, -0.05) is 12.1 Å². The van der Waals surface area contributed by atoms with Crippen molar-refractivity contribution in [2.75, 3.05) is 34.4 Å². The first-order valence-corrected chi connectivity index (χ1v) is 6.52. The van der Waals surface area contributed by atoms with Crippen molar-refractivity contribution in [3.05, 3.63) is 29.3 Å². The van der Waals surface area contributed by atoms with E-state index in [2.05, 4.69) is 0 Å². The summed E-state index contributed by atoms with van der Waals surface area (Å²) in [5.74, 6) is 0.725. The van der Waals surface area contributed by atoms with Gasteiger partial charge in [-0.25, -0.2) is 0 Å². The minimum Gasteiger partial charge on any atom is -0.496 e. The van der Waals surface area contributed by atoms with E-state index in [-0.39, 0.29) is 25.5 Å². The molecule has 1 N–H and O–H groups in total. The van der Waals surface area contributed by atoms with Crippen molar-refractivity contribution in [2.45, 2.75) is 19.4 Å². The molecule has 1 aromatic carbocycles. The highest BCUT2D eigenvalue weighted by molar-refractivity contribution is 5.78. The molecule has 0 heterocycles. The van der Waals surface area contributed by atoms with Gasteiger partial charge < -0.3 is 19.5 Å². The average molecular weight is 281 g/mol. The first-order chi connectivity index (χ1) is 9.47. The molecule has 0 radical (unpaired) electrons. The van der Waals surface area contributed by atoms with Gasteiger partial charge in [-0.05, 0) is 24.1 Å². The van der Waals surface area contributed by atoms with Crippen LogP contribution in [0.5, 0.6) is 5.75 Å². The number of benzene rings is 1. The number of ether oxygens (including phenoxy) is 2. The highest BCUT2D eigenvalue weighted by Crippen LogP contribution is 2.19. The number of rotatable bonds is 7. The zero-order valence-electron chi connectivity index (χ0n) is 12.5. The Balaban J connectivity index is 2.61. The maximum atomic E-state index is 12.1. The molecule has 0 spiro atoms. The Morgan fingerprint density at radius 2 is 2.10 bits per heavy atom. The number of nitrogens with zero attached hydrogens (tertiary/aromatic N) is 1. The van der Waals surface area contributed by atoms with Crippen LogP contribution in [0.15, 0.2) is 18.2 Å². The monoisotopic (exact) mass is 281 g/mol. The highest BCUT2D eigenvalue weighted by atomic mass is 16.5. The standard InChI is InChI=1S/C15H23NO4/c1-11-5-6-12(7-14(11)20-4)8-15(18)16(2)9-13(17)10-19-3/h5-7,13,17H,8-10H2,1-4H3. The van der Waals surface area contributed by atoms with Crippen LogP contribution in [0.25, 0.3) is 0 Å². The number of carbonyl (C=O) groups is 1. The molecule has 112 valence electrons. The van der Waals surface area contributed by atoms with Crippen LogP contribution in [0.2, 0.25) is 0 Å². The number of methoxy groups -OCH3 is 2. The predicted octanol–water partition coefficient (Wildman–Crippen LogP) is 1.01. The molecule has 5 nitrogen and oxygen atoms in total. The first kappa shape index (κ1) is 16.5. The second kappa shape index (κ2) is 7.87. The fourth-order valence-electron chi connectivity index (χ4n) is 1.95. The normalized spacial score (nSPS) is 12.1. The van der Waals surface area contributed by atoms with Gasteiger partial charge in [0.1, 0.15) is 5.75 Å². The van der Waals surface area contributed by atoms with Crippen LogP contribution in [-0.4, -0.2) is 56.4 Å². The van der Waals surface area contributed by atoms with E-state index in [1.807, 2.05) is 25.1 Å². The molecule has 5 heteroatoms. The zero-order chi connectivity index (χ0) is 15.1.